The maximum atomic E-state index is 12.7. The largest absolute Gasteiger partial charge is 0.457 e. The van der Waals surface area contributed by atoms with E-state index >= 15 is 0 Å². The highest BCUT2D eigenvalue weighted by Crippen LogP contribution is 2.28. The van der Waals surface area contributed by atoms with Crippen LogP contribution in [0.15, 0.2) is 72.8 Å². The van der Waals surface area contributed by atoms with Crippen LogP contribution in [0.1, 0.15) is 17.5 Å². The molecule has 0 radical (unpaired) electrons. The number of nitrogens with one attached hydrogen (secondary N) is 1. The number of rotatable bonds is 5. The van der Waals surface area contributed by atoms with Crippen LogP contribution in [0.2, 0.25) is 0 Å². The van der Waals surface area contributed by atoms with Gasteiger partial charge in [0, 0.05) is 24.3 Å². The fourth-order valence-corrected chi connectivity index (χ4v) is 3.71. The Morgan fingerprint density at radius 2 is 1.57 bits per heavy atom. The van der Waals surface area contributed by atoms with Gasteiger partial charge in [0.1, 0.15) is 11.5 Å². The minimum Gasteiger partial charge on any atom is -0.457 e. The van der Waals surface area contributed by atoms with Crippen LogP contribution in [-0.2, 0) is 9.59 Å². The second kappa shape index (κ2) is 8.41. The van der Waals surface area contributed by atoms with Crippen molar-refractivity contribution in [2.75, 3.05) is 16.8 Å². The van der Waals surface area contributed by atoms with E-state index in [0.717, 1.165) is 22.6 Å². The molecule has 2 amide bonds. The number of ether oxygens (including phenoxy) is 1. The van der Waals surface area contributed by atoms with Crippen molar-refractivity contribution in [1.29, 1.82) is 0 Å². The molecule has 3 aromatic carbocycles. The van der Waals surface area contributed by atoms with Crippen LogP contribution in [0.5, 0.6) is 11.5 Å². The summed E-state index contributed by atoms with van der Waals surface area (Å²) in [5, 5.41) is 2.92. The van der Waals surface area contributed by atoms with Crippen molar-refractivity contribution < 1.29 is 14.3 Å². The van der Waals surface area contributed by atoms with Gasteiger partial charge in [-0.15, -0.1) is 0 Å². The molecule has 0 bridgehead atoms. The van der Waals surface area contributed by atoms with Gasteiger partial charge in [0.05, 0.1) is 5.92 Å². The molecule has 1 aliphatic heterocycles. The molecule has 1 fully saturated rings. The Bertz CT molecular complexity index is 1040. The average Bonchev–Trinajstić information content (AvgIpc) is 3.11. The van der Waals surface area contributed by atoms with Gasteiger partial charge in [0.25, 0.3) is 0 Å². The van der Waals surface area contributed by atoms with E-state index in [1.165, 1.54) is 0 Å². The van der Waals surface area contributed by atoms with Crippen LogP contribution >= 0.6 is 0 Å². The van der Waals surface area contributed by atoms with E-state index in [2.05, 4.69) is 11.4 Å². The molecule has 5 nitrogen and oxygen atoms in total. The molecule has 1 aliphatic rings. The van der Waals surface area contributed by atoms with Crippen LogP contribution in [0.25, 0.3) is 0 Å². The molecule has 0 unspecified atom stereocenters. The number of hydrogen-bond donors (Lipinski definition) is 1. The smallest absolute Gasteiger partial charge is 0.229 e. The lowest BCUT2D eigenvalue weighted by Crippen LogP contribution is -2.28. The van der Waals surface area contributed by atoms with Crippen molar-refractivity contribution in [3.63, 3.8) is 0 Å². The second-order valence-electron chi connectivity index (χ2n) is 7.68. The lowest BCUT2D eigenvalue weighted by Gasteiger charge is -2.18. The molecule has 152 valence electrons. The number of aryl methyl sites for hydroxylation is 2. The Morgan fingerprint density at radius 3 is 2.23 bits per heavy atom. The number of para-hydroxylation sites is 1. The first-order valence-corrected chi connectivity index (χ1v) is 10.0. The Morgan fingerprint density at radius 1 is 0.933 bits per heavy atom. The molecular formula is C25H24N2O3. The Labute approximate surface area is 176 Å². The van der Waals surface area contributed by atoms with E-state index in [1.807, 2.05) is 68.4 Å². The monoisotopic (exact) mass is 400 g/mol. The number of carbonyl (C=O) groups excluding carboxylic acids is 2. The second-order valence-corrected chi connectivity index (χ2v) is 7.68. The van der Waals surface area contributed by atoms with Gasteiger partial charge < -0.3 is 15.0 Å². The summed E-state index contributed by atoms with van der Waals surface area (Å²) in [6, 6.07) is 22.8. The molecule has 3 aromatic rings. The topological polar surface area (TPSA) is 58.6 Å². The van der Waals surface area contributed by atoms with Crippen LogP contribution in [-0.4, -0.2) is 18.4 Å². The van der Waals surface area contributed by atoms with Crippen LogP contribution < -0.4 is 15.0 Å². The molecule has 0 aliphatic carbocycles. The predicted molar refractivity (Wildman–Crippen MR) is 118 cm³/mol. The number of amides is 2. The summed E-state index contributed by atoms with van der Waals surface area (Å²) in [4.78, 5) is 26.9. The molecule has 0 spiro atoms. The summed E-state index contributed by atoms with van der Waals surface area (Å²) < 4.78 is 5.77. The molecule has 1 N–H and O–H groups in total. The summed E-state index contributed by atoms with van der Waals surface area (Å²) in [6.07, 6.45) is 0.216. The zero-order chi connectivity index (χ0) is 21.1. The van der Waals surface area contributed by atoms with Gasteiger partial charge in [-0.05, 0) is 73.5 Å². The number of carbonyl (C=O) groups is 2. The van der Waals surface area contributed by atoms with Gasteiger partial charge in [0.2, 0.25) is 11.8 Å². The first-order valence-electron chi connectivity index (χ1n) is 10.0. The quantitative estimate of drug-likeness (QED) is 0.649. The predicted octanol–water partition coefficient (Wildman–Crippen LogP) is 5.09. The third-order valence-electron chi connectivity index (χ3n) is 5.11. The van der Waals surface area contributed by atoms with Crippen molar-refractivity contribution >= 4 is 23.2 Å². The standard InChI is InChI=1S/C25H24N2O3/c1-17-12-18(2)14-21(13-17)27-16-19(15-24(27)28)25(29)26-20-8-10-23(11-9-20)30-22-6-4-3-5-7-22/h3-14,19H,15-16H2,1-2H3,(H,26,29)/t19-/m1/s1. The number of hydrogen-bond acceptors (Lipinski definition) is 3. The van der Waals surface area contributed by atoms with Gasteiger partial charge in [-0.25, -0.2) is 0 Å². The SMILES string of the molecule is Cc1cc(C)cc(N2C[C@H](C(=O)Nc3ccc(Oc4ccccc4)cc3)CC2=O)c1. The molecule has 1 atom stereocenters. The number of anilines is 2. The van der Waals surface area contributed by atoms with Crippen molar-refractivity contribution in [1.82, 2.24) is 0 Å². The van der Waals surface area contributed by atoms with E-state index in [-0.39, 0.29) is 24.2 Å². The fraction of sp³-hybridized carbons (Fsp3) is 0.200. The van der Waals surface area contributed by atoms with E-state index in [0.29, 0.717) is 18.0 Å². The highest BCUT2D eigenvalue weighted by molar-refractivity contribution is 6.03. The van der Waals surface area contributed by atoms with Gasteiger partial charge in [0.15, 0.2) is 0 Å². The van der Waals surface area contributed by atoms with Crippen molar-refractivity contribution in [3.8, 4) is 11.5 Å². The molecule has 1 heterocycles. The lowest BCUT2D eigenvalue weighted by molar-refractivity contribution is -0.122. The summed E-state index contributed by atoms with van der Waals surface area (Å²) in [5.41, 5.74) is 3.74. The minimum absolute atomic E-state index is 0.0215. The molecule has 0 aromatic heterocycles. The fourth-order valence-electron chi connectivity index (χ4n) is 3.71. The molecule has 5 heteroatoms. The Kier molecular flexibility index (Phi) is 5.53. The summed E-state index contributed by atoms with van der Waals surface area (Å²) in [6.45, 7) is 4.40. The minimum atomic E-state index is -0.376. The first-order chi connectivity index (χ1) is 14.5. The third kappa shape index (κ3) is 4.51. The lowest BCUT2D eigenvalue weighted by atomic mass is 10.1. The molecule has 4 rings (SSSR count). The third-order valence-corrected chi connectivity index (χ3v) is 5.11. The normalized spacial score (nSPS) is 15.9. The van der Waals surface area contributed by atoms with E-state index in [9.17, 15) is 9.59 Å². The number of benzene rings is 3. The van der Waals surface area contributed by atoms with Crippen molar-refractivity contribution in [2.45, 2.75) is 20.3 Å². The molecular weight excluding hydrogens is 376 g/mol. The maximum absolute atomic E-state index is 12.7. The molecule has 30 heavy (non-hydrogen) atoms. The van der Waals surface area contributed by atoms with Gasteiger partial charge in [-0.1, -0.05) is 24.3 Å². The first kappa shape index (κ1) is 19.7. The van der Waals surface area contributed by atoms with E-state index in [1.54, 1.807) is 17.0 Å². The number of nitrogens with zero attached hydrogens (tertiary/aromatic N) is 1. The highest BCUT2D eigenvalue weighted by Gasteiger charge is 2.35. The van der Waals surface area contributed by atoms with Gasteiger partial charge in [-0.2, -0.15) is 0 Å². The zero-order valence-electron chi connectivity index (χ0n) is 17.1. The summed E-state index contributed by atoms with van der Waals surface area (Å²) in [5.74, 6) is 0.902. The van der Waals surface area contributed by atoms with Crippen LogP contribution in [0, 0.1) is 19.8 Å². The van der Waals surface area contributed by atoms with Crippen molar-refractivity contribution in [3.05, 3.63) is 83.9 Å². The molecule has 1 saturated heterocycles. The van der Waals surface area contributed by atoms with Crippen LogP contribution in [0.4, 0.5) is 11.4 Å². The Hall–Kier alpha value is -3.60. The van der Waals surface area contributed by atoms with E-state index < -0.39 is 0 Å². The average molecular weight is 400 g/mol. The van der Waals surface area contributed by atoms with E-state index in [4.69, 9.17) is 4.74 Å². The summed E-state index contributed by atoms with van der Waals surface area (Å²) >= 11 is 0. The highest BCUT2D eigenvalue weighted by atomic mass is 16.5. The Balaban J connectivity index is 1.38. The zero-order valence-corrected chi connectivity index (χ0v) is 17.1. The van der Waals surface area contributed by atoms with Crippen molar-refractivity contribution in [2.24, 2.45) is 5.92 Å². The van der Waals surface area contributed by atoms with Gasteiger partial charge >= 0.3 is 0 Å². The van der Waals surface area contributed by atoms with Gasteiger partial charge in [-0.3, -0.25) is 9.59 Å². The summed E-state index contributed by atoms with van der Waals surface area (Å²) in [7, 11) is 0. The molecule has 0 saturated carbocycles. The maximum Gasteiger partial charge on any atom is 0.229 e. The van der Waals surface area contributed by atoms with Crippen LogP contribution in [0.3, 0.4) is 0 Å².